The topological polar surface area (TPSA) is 101 Å². The molecule has 0 aliphatic carbocycles. The SMILES string of the molecule is COCCOc1nc(N)c2nc(OC)n(Cc3ccc(-c4cccc(CN5CCCC5)c4)cc3)c2n1. The zero-order chi connectivity index (χ0) is 24.9. The van der Waals surface area contributed by atoms with Crippen LogP contribution < -0.4 is 15.2 Å². The maximum Gasteiger partial charge on any atom is 0.320 e. The van der Waals surface area contributed by atoms with Gasteiger partial charge >= 0.3 is 6.01 Å². The average molecular weight is 489 g/mol. The summed E-state index contributed by atoms with van der Waals surface area (Å²) in [7, 11) is 3.19. The van der Waals surface area contributed by atoms with Crippen molar-refractivity contribution in [2.45, 2.75) is 25.9 Å². The summed E-state index contributed by atoms with van der Waals surface area (Å²) < 4.78 is 18.0. The maximum atomic E-state index is 6.14. The van der Waals surface area contributed by atoms with Crippen molar-refractivity contribution in [2.24, 2.45) is 0 Å². The summed E-state index contributed by atoms with van der Waals surface area (Å²) in [4.78, 5) is 15.8. The predicted octanol–water partition coefficient (Wildman–Crippen LogP) is 3.75. The molecule has 1 saturated heterocycles. The number of hydrogen-bond acceptors (Lipinski definition) is 8. The number of methoxy groups -OCH3 is 2. The summed E-state index contributed by atoms with van der Waals surface area (Å²) in [6, 6.07) is 18.0. The number of ether oxygens (including phenoxy) is 3. The van der Waals surface area contributed by atoms with E-state index in [0.29, 0.717) is 36.9 Å². The van der Waals surface area contributed by atoms with Gasteiger partial charge in [-0.25, -0.2) is 0 Å². The molecule has 9 nitrogen and oxygen atoms in total. The van der Waals surface area contributed by atoms with E-state index >= 15 is 0 Å². The Morgan fingerprint density at radius 1 is 0.861 bits per heavy atom. The molecule has 0 spiro atoms. The van der Waals surface area contributed by atoms with Crippen molar-refractivity contribution in [2.75, 3.05) is 46.3 Å². The molecule has 0 radical (unpaired) electrons. The summed E-state index contributed by atoms with van der Waals surface area (Å²) in [5.41, 5.74) is 12.0. The van der Waals surface area contributed by atoms with E-state index in [-0.39, 0.29) is 11.8 Å². The van der Waals surface area contributed by atoms with Gasteiger partial charge in [0.25, 0.3) is 6.01 Å². The van der Waals surface area contributed by atoms with Gasteiger partial charge in [0.2, 0.25) is 0 Å². The Bertz CT molecular complexity index is 1320. The molecule has 9 heteroatoms. The van der Waals surface area contributed by atoms with Gasteiger partial charge in [0, 0.05) is 13.7 Å². The third-order valence-corrected chi connectivity index (χ3v) is 6.43. The van der Waals surface area contributed by atoms with Gasteiger partial charge in [0.05, 0.1) is 20.3 Å². The lowest BCUT2D eigenvalue weighted by Crippen LogP contribution is -2.18. The Hall–Kier alpha value is -3.69. The van der Waals surface area contributed by atoms with Crippen LogP contribution in [0.1, 0.15) is 24.0 Å². The van der Waals surface area contributed by atoms with Crippen LogP contribution in [0.3, 0.4) is 0 Å². The standard InChI is InChI=1S/C27H32N6O3/c1-34-14-15-36-26-30-24(28)23-25(31-26)33(27(29-23)35-2)18-19-8-10-21(11-9-19)22-7-5-6-20(16-22)17-32-12-3-4-13-32/h5-11,16H,3-4,12-15,17-18H2,1-2H3,(H2,28,30,31). The van der Waals surface area contributed by atoms with Crippen LogP contribution in [-0.4, -0.2) is 64.9 Å². The minimum atomic E-state index is 0.185. The normalized spacial score (nSPS) is 13.9. The van der Waals surface area contributed by atoms with E-state index in [2.05, 4.69) is 68.4 Å². The molecule has 0 atom stereocenters. The monoisotopic (exact) mass is 488 g/mol. The van der Waals surface area contributed by atoms with E-state index in [4.69, 9.17) is 19.9 Å². The third-order valence-electron chi connectivity index (χ3n) is 6.43. The highest BCUT2D eigenvalue weighted by Crippen LogP contribution is 2.27. The van der Waals surface area contributed by atoms with Gasteiger partial charge in [0.15, 0.2) is 17.0 Å². The van der Waals surface area contributed by atoms with E-state index in [0.717, 1.165) is 12.1 Å². The van der Waals surface area contributed by atoms with Gasteiger partial charge < -0.3 is 19.9 Å². The second kappa shape index (κ2) is 10.9. The minimum absolute atomic E-state index is 0.185. The molecule has 0 unspecified atom stereocenters. The molecular formula is C27H32N6O3. The number of nitrogens with two attached hydrogens (primary N) is 1. The molecule has 2 aromatic heterocycles. The minimum Gasteiger partial charge on any atom is -0.468 e. The van der Waals surface area contributed by atoms with Crippen molar-refractivity contribution in [3.05, 3.63) is 59.7 Å². The number of anilines is 1. The second-order valence-corrected chi connectivity index (χ2v) is 8.97. The number of likely N-dealkylation sites (tertiary alicyclic amines) is 1. The fourth-order valence-electron chi connectivity index (χ4n) is 4.59. The van der Waals surface area contributed by atoms with Crippen molar-refractivity contribution >= 4 is 17.0 Å². The Balaban J connectivity index is 1.37. The molecule has 0 saturated carbocycles. The Morgan fingerprint density at radius 3 is 2.42 bits per heavy atom. The number of imidazole rings is 1. The van der Waals surface area contributed by atoms with Crippen molar-refractivity contribution in [3.8, 4) is 23.1 Å². The number of benzene rings is 2. The van der Waals surface area contributed by atoms with Gasteiger partial charge in [-0.2, -0.15) is 15.0 Å². The van der Waals surface area contributed by atoms with Crippen LogP contribution in [0.2, 0.25) is 0 Å². The van der Waals surface area contributed by atoms with E-state index in [1.165, 1.54) is 42.6 Å². The summed E-state index contributed by atoms with van der Waals surface area (Å²) in [6.45, 7) is 4.68. The summed E-state index contributed by atoms with van der Waals surface area (Å²) in [5.74, 6) is 0.244. The number of nitrogen functional groups attached to an aromatic ring is 1. The van der Waals surface area contributed by atoms with Crippen LogP contribution in [0.4, 0.5) is 5.82 Å². The molecule has 5 rings (SSSR count). The fraction of sp³-hybridized carbons (Fsp3) is 0.370. The Morgan fingerprint density at radius 2 is 1.67 bits per heavy atom. The Kier molecular flexibility index (Phi) is 7.29. The first-order valence-electron chi connectivity index (χ1n) is 12.2. The first-order valence-corrected chi connectivity index (χ1v) is 12.2. The van der Waals surface area contributed by atoms with Gasteiger partial charge in [-0.05, 0) is 54.3 Å². The van der Waals surface area contributed by atoms with Gasteiger partial charge in [-0.15, -0.1) is 0 Å². The molecule has 36 heavy (non-hydrogen) atoms. The zero-order valence-electron chi connectivity index (χ0n) is 20.8. The highest BCUT2D eigenvalue weighted by atomic mass is 16.5. The van der Waals surface area contributed by atoms with Crippen LogP contribution in [0.15, 0.2) is 48.5 Å². The van der Waals surface area contributed by atoms with E-state index < -0.39 is 0 Å². The largest absolute Gasteiger partial charge is 0.468 e. The molecule has 2 aromatic carbocycles. The molecular weight excluding hydrogens is 456 g/mol. The van der Waals surface area contributed by atoms with Crippen molar-refractivity contribution in [3.63, 3.8) is 0 Å². The van der Waals surface area contributed by atoms with Crippen LogP contribution in [0, 0.1) is 0 Å². The van der Waals surface area contributed by atoms with E-state index in [1.807, 2.05) is 4.57 Å². The highest BCUT2D eigenvalue weighted by Gasteiger charge is 2.18. The Labute approximate surface area is 210 Å². The second-order valence-electron chi connectivity index (χ2n) is 8.97. The number of hydrogen-bond donors (Lipinski definition) is 1. The van der Waals surface area contributed by atoms with Gasteiger partial charge in [0.1, 0.15) is 6.61 Å². The summed E-state index contributed by atoms with van der Waals surface area (Å²) >= 11 is 0. The third kappa shape index (κ3) is 5.27. The quantitative estimate of drug-likeness (QED) is 0.337. The molecule has 0 amide bonds. The molecule has 1 fully saturated rings. The lowest BCUT2D eigenvalue weighted by Gasteiger charge is -2.15. The molecule has 4 aromatic rings. The summed E-state index contributed by atoms with van der Waals surface area (Å²) in [5, 5.41) is 0. The first-order chi connectivity index (χ1) is 17.6. The molecule has 0 bridgehead atoms. The van der Waals surface area contributed by atoms with Crippen LogP contribution in [0.25, 0.3) is 22.3 Å². The molecule has 188 valence electrons. The van der Waals surface area contributed by atoms with Crippen molar-refractivity contribution in [1.82, 2.24) is 24.4 Å². The van der Waals surface area contributed by atoms with E-state index in [1.54, 1.807) is 14.2 Å². The highest BCUT2D eigenvalue weighted by molar-refractivity contribution is 5.83. The van der Waals surface area contributed by atoms with Crippen LogP contribution in [-0.2, 0) is 17.8 Å². The molecule has 2 N–H and O–H groups in total. The van der Waals surface area contributed by atoms with Gasteiger partial charge in [-0.3, -0.25) is 9.47 Å². The fourth-order valence-corrected chi connectivity index (χ4v) is 4.59. The van der Waals surface area contributed by atoms with Crippen LogP contribution >= 0.6 is 0 Å². The number of rotatable bonds is 10. The van der Waals surface area contributed by atoms with Crippen LogP contribution in [0.5, 0.6) is 12.0 Å². The predicted molar refractivity (Wildman–Crippen MR) is 139 cm³/mol. The maximum absolute atomic E-state index is 6.14. The van der Waals surface area contributed by atoms with Crippen molar-refractivity contribution in [1.29, 1.82) is 0 Å². The zero-order valence-corrected chi connectivity index (χ0v) is 20.8. The van der Waals surface area contributed by atoms with E-state index in [9.17, 15) is 0 Å². The molecule has 1 aliphatic rings. The lowest BCUT2D eigenvalue weighted by atomic mass is 10.0. The number of aromatic nitrogens is 4. The first kappa shape index (κ1) is 24.0. The van der Waals surface area contributed by atoms with Crippen molar-refractivity contribution < 1.29 is 14.2 Å². The van der Waals surface area contributed by atoms with Gasteiger partial charge in [-0.1, -0.05) is 42.5 Å². The molecule has 1 aliphatic heterocycles. The lowest BCUT2D eigenvalue weighted by molar-refractivity contribution is 0.141. The smallest absolute Gasteiger partial charge is 0.320 e. The summed E-state index contributed by atoms with van der Waals surface area (Å²) in [6.07, 6.45) is 2.61. The molecule has 3 heterocycles. The number of fused-ring (bicyclic) bond motifs is 1. The number of nitrogens with zero attached hydrogens (tertiary/aromatic N) is 5. The average Bonchev–Trinajstić information content (AvgIpc) is 3.53.